The fraction of sp³-hybridized carbons (Fsp3) is 0.579. The van der Waals surface area contributed by atoms with Gasteiger partial charge in [-0.2, -0.15) is 0 Å². The molecule has 0 saturated carbocycles. The van der Waals surface area contributed by atoms with Crippen LogP contribution in [-0.4, -0.2) is 43.2 Å². The normalized spacial score (nSPS) is 35.2. The number of benzene rings is 1. The quantitative estimate of drug-likeness (QED) is 0.861. The van der Waals surface area contributed by atoms with Gasteiger partial charge in [-0.25, -0.2) is 0 Å². The molecule has 1 N–H and O–H groups in total. The van der Waals surface area contributed by atoms with Crippen molar-refractivity contribution in [1.82, 2.24) is 0 Å². The summed E-state index contributed by atoms with van der Waals surface area (Å²) in [6.07, 6.45) is 4.90. The van der Waals surface area contributed by atoms with Crippen molar-refractivity contribution >= 4 is 0 Å². The van der Waals surface area contributed by atoms with Gasteiger partial charge in [-0.05, 0) is 31.4 Å². The third-order valence-electron chi connectivity index (χ3n) is 4.60. The molecule has 0 radical (unpaired) electrons. The minimum absolute atomic E-state index is 0.0464. The van der Waals surface area contributed by atoms with Crippen LogP contribution in [0.15, 0.2) is 36.4 Å². The first-order valence-corrected chi connectivity index (χ1v) is 8.62. The molecule has 0 amide bonds. The van der Waals surface area contributed by atoms with Crippen LogP contribution in [0.3, 0.4) is 0 Å². The molecule has 1 fully saturated rings. The van der Waals surface area contributed by atoms with Gasteiger partial charge >= 0.3 is 0 Å². The number of fused-ring (bicyclic) bond motifs is 1. The van der Waals surface area contributed by atoms with E-state index in [1.165, 1.54) is 0 Å². The van der Waals surface area contributed by atoms with Gasteiger partial charge in [0.15, 0.2) is 6.29 Å². The number of ether oxygens (including phenoxy) is 4. The summed E-state index contributed by atoms with van der Waals surface area (Å²) >= 11 is 0. The van der Waals surface area contributed by atoms with Crippen molar-refractivity contribution in [3.8, 4) is 5.75 Å². The third kappa shape index (κ3) is 3.98. The van der Waals surface area contributed by atoms with Gasteiger partial charge in [0.2, 0.25) is 0 Å². The van der Waals surface area contributed by atoms with Crippen LogP contribution >= 0.6 is 0 Å². The van der Waals surface area contributed by atoms with Crippen molar-refractivity contribution in [3.05, 3.63) is 42.0 Å². The average Bonchev–Trinajstić information content (AvgIpc) is 2.70. The third-order valence-corrected chi connectivity index (χ3v) is 4.60. The molecule has 5 heteroatoms. The first-order chi connectivity index (χ1) is 11.7. The zero-order valence-corrected chi connectivity index (χ0v) is 14.3. The van der Waals surface area contributed by atoms with Gasteiger partial charge in [-0.1, -0.05) is 31.2 Å². The summed E-state index contributed by atoms with van der Waals surface area (Å²) < 4.78 is 23.3. The van der Waals surface area contributed by atoms with E-state index in [0.717, 1.165) is 30.6 Å². The summed E-state index contributed by atoms with van der Waals surface area (Å²) in [7, 11) is 1.65. The molecule has 1 aromatic rings. The standard InChI is InChI=1S/C19H26O5/c1-3-16-15(20)6-4-5-7-17-18(23-16)12-22-19(24-17)13-8-10-14(21-2)11-9-13/h4,6,8-11,15-20H,3,5,7,12H2,1-2H3/b6-4-/t15-,16+,17+,18-,19-/m1/s1. The maximum Gasteiger partial charge on any atom is 0.184 e. The smallest absolute Gasteiger partial charge is 0.184 e. The van der Waals surface area contributed by atoms with Crippen LogP contribution in [-0.2, 0) is 14.2 Å². The molecule has 0 aliphatic carbocycles. The lowest BCUT2D eigenvalue weighted by atomic mass is 10.1. The van der Waals surface area contributed by atoms with E-state index in [1.807, 2.05) is 43.3 Å². The second kappa shape index (κ2) is 8.12. The van der Waals surface area contributed by atoms with Crippen LogP contribution in [0, 0.1) is 0 Å². The zero-order valence-electron chi connectivity index (χ0n) is 14.3. The molecule has 1 aromatic carbocycles. The Bertz CT molecular complexity index is 541. The lowest BCUT2D eigenvalue weighted by Crippen LogP contribution is -2.45. The molecular weight excluding hydrogens is 308 g/mol. The van der Waals surface area contributed by atoms with Crippen LogP contribution < -0.4 is 4.74 Å². The van der Waals surface area contributed by atoms with E-state index < -0.39 is 12.4 Å². The Morgan fingerprint density at radius 1 is 1.17 bits per heavy atom. The van der Waals surface area contributed by atoms with E-state index in [4.69, 9.17) is 18.9 Å². The molecule has 24 heavy (non-hydrogen) atoms. The predicted octanol–water partition coefficient (Wildman–Crippen LogP) is 2.98. The van der Waals surface area contributed by atoms with Gasteiger partial charge in [-0.15, -0.1) is 0 Å². The van der Waals surface area contributed by atoms with Crippen molar-refractivity contribution in [2.45, 2.75) is 56.9 Å². The summed E-state index contributed by atoms with van der Waals surface area (Å²) in [6.45, 7) is 2.48. The number of aliphatic hydroxyl groups is 1. The predicted molar refractivity (Wildman–Crippen MR) is 89.9 cm³/mol. The second-order valence-corrected chi connectivity index (χ2v) is 6.23. The molecule has 132 valence electrons. The lowest BCUT2D eigenvalue weighted by molar-refractivity contribution is -0.276. The van der Waals surface area contributed by atoms with Crippen LogP contribution in [0.1, 0.15) is 38.0 Å². The lowest BCUT2D eigenvalue weighted by Gasteiger charge is -2.38. The summed E-state index contributed by atoms with van der Waals surface area (Å²) in [5.74, 6) is 0.808. The molecule has 0 spiro atoms. The van der Waals surface area contributed by atoms with Crippen LogP contribution in [0.25, 0.3) is 0 Å². The Kier molecular flexibility index (Phi) is 5.89. The topological polar surface area (TPSA) is 57.2 Å². The fourth-order valence-electron chi connectivity index (χ4n) is 3.15. The molecule has 0 unspecified atom stereocenters. The summed E-state index contributed by atoms with van der Waals surface area (Å²) in [6, 6.07) is 7.72. The Balaban J connectivity index is 1.70. The van der Waals surface area contributed by atoms with Gasteiger partial charge in [0.05, 0.1) is 32.0 Å². The van der Waals surface area contributed by atoms with Crippen LogP contribution in [0.4, 0.5) is 0 Å². The van der Waals surface area contributed by atoms with Crippen molar-refractivity contribution in [1.29, 1.82) is 0 Å². The molecule has 1 saturated heterocycles. The zero-order chi connectivity index (χ0) is 16.9. The Morgan fingerprint density at radius 2 is 1.96 bits per heavy atom. The Morgan fingerprint density at radius 3 is 2.67 bits per heavy atom. The van der Waals surface area contributed by atoms with Gasteiger partial charge in [0.25, 0.3) is 0 Å². The monoisotopic (exact) mass is 334 g/mol. The van der Waals surface area contributed by atoms with Crippen molar-refractivity contribution in [2.24, 2.45) is 0 Å². The van der Waals surface area contributed by atoms with E-state index >= 15 is 0 Å². The SMILES string of the molecule is CC[C@@H]1O[C@@H]2CO[C@@H](c3ccc(OC)cc3)O[C@H]2CC/C=C\[C@H]1O. The van der Waals surface area contributed by atoms with Crippen molar-refractivity contribution < 1.29 is 24.1 Å². The Hall–Kier alpha value is -1.40. The highest BCUT2D eigenvalue weighted by Gasteiger charge is 2.36. The summed E-state index contributed by atoms with van der Waals surface area (Å²) in [5, 5.41) is 10.2. The molecule has 2 aliphatic heterocycles. The molecule has 3 rings (SSSR count). The van der Waals surface area contributed by atoms with E-state index in [-0.39, 0.29) is 18.3 Å². The number of allylic oxidation sites excluding steroid dienone is 1. The van der Waals surface area contributed by atoms with Crippen molar-refractivity contribution in [2.75, 3.05) is 13.7 Å². The number of hydrogen-bond acceptors (Lipinski definition) is 5. The Labute approximate surface area is 143 Å². The van der Waals surface area contributed by atoms with E-state index in [1.54, 1.807) is 7.11 Å². The van der Waals surface area contributed by atoms with Gasteiger partial charge in [-0.3, -0.25) is 0 Å². The average molecular weight is 334 g/mol. The molecular formula is C19H26O5. The molecule has 0 bridgehead atoms. The van der Waals surface area contributed by atoms with Gasteiger partial charge in [0.1, 0.15) is 11.9 Å². The highest BCUT2D eigenvalue weighted by atomic mass is 16.7. The van der Waals surface area contributed by atoms with Gasteiger partial charge < -0.3 is 24.1 Å². The van der Waals surface area contributed by atoms with E-state index in [9.17, 15) is 5.11 Å². The molecule has 2 heterocycles. The molecule has 0 aromatic heterocycles. The van der Waals surface area contributed by atoms with Gasteiger partial charge in [0, 0.05) is 5.56 Å². The number of aliphatic hydroxyl groups excluding tert-OH is 1. The largest absolute Gasteiger partial charge is 0.497 e. The number of methoxy groups -OCH3 is 1. The minimum atomic E-state index is -0.576. The fourth-order valence-corrected chi connectivity index (χ4v) is 3.15. The highest BCUT2D eigenvalue weighted by Crippen LogP contribution is 2.32. The summed E-state index contributed by atoms with van der Waals surface area (Å²) in [4.78, 5) is 0. The maximum atomic E-state index is 10.2. The summed E-state index contributed by atoms with van der Waals surface area (Å²) in [5.41, 5.74) is 0.969. The van der Waals surface area contributed by atoms with Crippen LogP contribution in [0.5, 0.6) is 5.75 Å². The maximum absolute atomic E-state index is 10.2. The molecule has 5 atom stereocenters. The van der Waals surface area contributed by atoms with Crippen molar-refractivity contribution in [3.63, 3.8) is 0 Å². The van der Waals surface area contributed by atoms with E-state index in [2.05, 4.69) is 0 Å². The second-order valence-electron chi connectivity index (χ2n) is 6.23. The minimum Gasteiger partial charge on any atom is -0.497 e. The number of rotatable bonds is 3. The number of hydrogen-bond donors (Lipinski definition) is 1. The molecule has 5 nitrogen and oxygen atoms in total. The molecule has 2 aliphatic rings. The first-order valence-electron chi connectivity index (χ1n) is 8.62. The highest BCUT2D eigenvalue weighted by molar-refractivity contribution is 5.28. The van der Waals surface area contributed by atoms with Crippen LogP contribution in [0.2, 0.25) is 0 Å². The first kappa shape index (κ1) is 17.4. The van der Waals surface area contributed by atoms with E-state index in [0.29, 0.717) is 6.61 Å².